The summed E-state index contributed by atoms with van der Waals surface area (Å²) < 4.78 is 39.0. The molecule has 0 aliphatic carbocycles. The molecule has 1 aromatic heterocycles. The number of aromatic nitrogens is 2. The van der Waals surface area contributed by atoms with Gasteiger partial charge in [-0.05, 0) is 30.3 Å². The number of aromatic amines is 1. The molecule has 3 rings (SSSR count). The first-order valence-electron chi connectivity index (χ1n) is 6.22. The van der Waals surface area contributed by atoms with Crippen LogP contribution in [-0.2, 0) is 6.18 Å². The molecule has 0 saturated heterocycles. The van der Waals surface area contributed by atoms with Crippen LogP contribution in [0.3, 0.4) is 0 Å². The first kappa shape index (κ1) is 14.8. The number of H-pyrrole nitrogens is 1. The Bertz CT molecular complexity index is 919. The maximum Gasteiger partial charge on any atom is 0.416 e. The van der Waals surface area contributed by atoms with Gasteiger partial charge in [0.25, 0.3) is 5.56 Å². The predicted molar refractivity (Wildman–Crippen MR) is 80.5 cm³/mol. The van der Waals surface area contributed by atoms with E-state index in [0.717, 1.165) is 16.6 Å². The molecule has 0 unspecified atom stereocenters. The number of alkyl halides is 3. The third kappa shape index (κ3) is 2.76. The molecule has 22 heavy (non-hydrogen) atoms. The van der Waals surface area contributed by atoms with Crippen LogP contribution in [0, 0.1) is 0 Å². The minimum atomic E-state index is -4.45. The summed E-state index contributed by atoms with van der Waals surface area (Å²) in [5.74, 6) is 0.103. The lowest BCUT2D eigenvalue weighted by atomic mass is 10.1. The minimum absolute atomic E-state index is 0.103. The Morgan fingerprint density at radius 2 is 1.86 bits per heavy atom. The Labute approximate surface area is 131 Å². The molecule has 112 valence electrons. The van der Waals surface area contributed by atoms with E-state index in [4.69, 9.17) is 0 Å². The number of nitrogens with one attached hydrogen (secondary N) is 1. The number of rotatable bonds is 1. The summed E-state index contributed by atoms with van der Waals surface area (Å²) in [6.45, 7) is 0. The van der Waals surface area contributed by atoms with Crippen LogP contribution in [0.2, 0.25) is 0 Å². The summed E-state index contributed by atoms with van der Waals surface area (Å²) in [6.07, 6.45) is -4.45. The van der Waals surface area contributed by atoms with Gasteiger partial charge in [-0.3, -0.25) is 4.79 Å². The first-order valence-corrected chi connectivity index (χ1v) is 7.01. The lowest BCUT2D eigenvalue weighted by Crippen LogP contribution is -2.10. The molecule has 0 fully saturated rings. The van der Waals surface area contributed by atoms with Crippen LogP contribution in [-0.4, -0.2) is 9.97 Å². The van der Waals surface area contributed by atoms with E-state index in [2.05, 4.69) is 25.9 Å². The summed E-state index contributed by atoms with van der Waals surface area (Å²) in [7, 11) is 0. The van der Waals surface area contributed by atoms with Crippen molar-refractivity contribution in [2.45, 2.75) is 6.18 Å². The Balaban J connectivity index is 2.19. The lowest BCUT2D eigenvalue weighted by molar-refractivity contribution is -0.137. The van der Waals surface area contributed by atoms with E-state index in [1.54, 1.807) is 18.2 Å². The Hall–Kier alpha value is -2.15. The average molecular weight is 369 g/mol. The maximum absolute atomic E-state index is 12.8. The van der Waals surface area contributed by atoms with Gasteiger partial charge < -0.3 is 4.98 Å². The van der Waals surface area contributed by atoms with E-state index in [1.165, 1.54) is 12.1 Å². The van der Waals surface area contributed by atoms with Crippen molar-refractivity contribution in [3.05, 3.63) is 62.9 Å². The van der Waals surface area contributed by atoms with E-state index >= 15 is 0 Å². The van der Waals surface area contributed by atoms with Crippen LogP contribution in [0.15, 0.2) is 51.7 Å². The van der Waals surface area contributed by atoms with Gasteiger partial charge in [-0.25, -0.2) is 4.98 Å². The number of hydrogen-bond donors (Lipinski definition) is 1. The molecule has 1 N–H and O–H groups in total. The molecule has 3 nitrogen and oxygen atoms in total. The van der Waals surface area contributed by atoms with E-state index in [0.29, 0.717) is 10.9 Å². The van der Waals surface area contributed by atoms with Gasteiger partial charge in [0.1, 0.15) is 5.82 Å². The number of benzene rings is 2. The molecule has 2 aromatic carbocycles. The van der Waals surface area contributed by atoms with Gasteiger partial charge in [-0.15, -0.1) is 0 Å². The van der Waals surface area contributed by atoms with Crippen molar-refractivity contribution in [1.29, 1.82) is 0 Å². The smallest absolute Gasteiger partial charge is 0.306 e. The van der Waals surface area contributed by atoms with Crippen molar-refractivity contribution in [1.82, 2.24) is 9.97 Å². The second-order valence-corrected chi connectivity index (χ2v) is 5.57. The Kier molecular flexibility index (Phi) is 3.52. The molecule has 0 amide bonds. The summed E-state index contributed by atoms with van der Waals surface area (Å²) in [4.78, 5) is 18.8. The van der Waals surface area contributed by atoms with E-state index in [9.17, 15) is 18.0 Å². The van der Waals surface area contributed by atoms with E-state index in [1.807, 2.05) is 0 Å². The molecule has 0 atom stereocenters. The standard InChI is InChI=1S/C15H8BrF3N2O/c16-10-4-5-12-11(7-10)14(22)21-13(20-12)8-2-1-3-9(6-8)15(17,18)19/h1-7H,(H,20,21,22). The topological polar surface area (TPSA) is 45.8 Å². The number of fused-ring (bicyclic) bond motifs is 1. The fourth-order valence-electron chi connectivity index (χ4n) is 2.09. The van der Waals surface area contributed by atoms with Gasteiger partial charge in [0.2, 0.25) is 0 Å². The van der Waals surface area contributed by atoms with Crippen LogP contribution in [0.1, 0.15) is 5.56 Å². The van der Waals surface area contributed by atoms with Gasteiger partial charge in [-0.1, -0.05) is 28.1 Å². The fraction of sp³-hybridized carbons (Fsp3) is 0.0667. The number of halogens is 4. The SMILES string of the molecule is O=c1[nH]c(-c2cccc(C(F)(F)F)c2)nc2ccc(Br)cc12. The predicted octanol–water partition coefficient (Wildman–Crippen LogP) is 4.37. The molecule has 0 saturated carbocycles. The first-order chi connectivity index (χ1) is 10.3. The summed E-state index contributed by atoms with van der Waals surface area (Å²) >= 11 is 3.26. The third-order valence-corrected chi connectivity index (χ3v) is 3.62. The highest BCUT2D eigenvalue weighted by molar-refractivity contribution is 9.10. The van der Waals surface area contributed by atoms with Gasteiger partial charge in [0.15, 0.2) is 0 Å². The normalized spacial score (nSPS) is 11.8. The molecule has 0 bridgehead atoms. The molecule has 0 radical (unpaired) electrons. The molecule has 0 spiro atoms. The van der Waals surface area contributed by atoms with E-state index in [-0.39, 0.29) is 11.4 Å². The fourth-order valence-corrected chi connectivity index (χ4v) is 2.45. The summed E-state index contributed by atoms with van der Waals surface area (Å²) in [5.41, 5.74) is -0.571. The zero-order valence-corrected chi connectivity index (χ0v) is 12.5. The Morgan fingerprint density at radius 1 is 1.09 bits per heavy atom. The van der Waals surface area contributed by atoms with Crippen molar-refractivity contribution in [2.24, 2.45) is 0 Å². The third-order valence-electron chi connectivity index (χ3n) is 3.13. The zero-order chi connectivity index (χ0) is 15.9. The van der Waals surface area contributed by atoms with Crippen LogP contribution >= 0.6 is 15.9 Å². The molecule has 7 heteroatoms. The van der Waals surface area contributed by atoms with Gasteiger partial charge >= 0.3 is 6.18 Å². The van der Waals surface area contributed by atoms with E-state index < -0.39 is 17.3 Å². The van der Waals surface area contributed by atoms with Crippen molar-refractivity contribution in [2.75, 3.05) is 0 Å². The van der Waals surface area contributed by atoms with Crippen molar-refractivity contribution >= 4 is 26.8 Å². The van der Waals surface area contributed by atoms with Crippen molar-refractivity contribution < 1.29 is 13.2 Å². The van der Waals surface area contributed by atoms with Crippen LogP contribution < -0.4 is 5.56 Å². The second kappa shape index (κ2) is 5.24. The molecule has 1 heterocycles. The van der Waals surface area contributed by atoms with Gasteiger partial charge in [0, 0.05) is 10.0 Å². The highest BCUT2D eigenvalue weighted by Gasteiger charge is 2.30. The molecular formula is C15H8BrF3N2O. The average Bonchev–Trinajstić information content (AvgIpc) is 2.47. The van der Waals surface area contributed by atoms with Crippen LogP contribution in [0.4, 0.5) is 13.2 Å². The minimum Gasteiger partial charge on any atom is -0.306 e. The van der Waals surface area contributed by atoms with Gasteiger partial charge in [0.05, 0.1) is 16.5 Å². The number of nitrogens with zero attached hydrogens (tertiary/aromatic N) is 1. The molecular weight excluding hydrogens is 361 g/mol. The quantitative estimate of drug-likeness (QED) is 0.693. The number of hydrogen-bond acceptors (Lipinski definition) is 2. The molecule has 0 aliphatic heterocycles. The van der Waals surface area contributed by atoms with Crippen LogP contribution in [0.5, 0.6) is 0 Å². The molecule has 3 aromatic rings. The lowest BCUT2D eigenvalue weighted by Gasteiger charge is -2.08. The highest BCUT2D eigenvalue weighted by Crippen LogP contribution is 2.31. The highest BCUT2D eigenvalue weighted by atomic mass is 79.9. The van der Waals surface area contributed by atoms with Crippen molar-refractivity contribution in [3.8, 4) is 11.4 Å². The monoisotopic (exact) mass is 368 g/mol. The van der Waals surface area contributed by atoms with Crippen molar-refractivity contribution in [3.63, 3.8) is 0 Å². The molecule has 0 aliphatic rings. The van der Waals surface area contributed by atoms with Gasteiger partial charge in [-0.2, -0.15) is 13.2 Å². The zero-order valence-electron chi connectivity index (χ0n) is 10.9. The Morgan fingerprint density at radius 3 is 2.59 bits per heavy atom. The summed E-state index contributed by atoms with van der Waals surface area (Å²) in [6, 6.07) is 9.64. The largest absolute Gasteiger partial charge is 0.416 e. The second-order valence-electron chi connectivity index (χ2n) is 4.65. The van der Waals surface area contributed by atoms with Crippen LogP contribution in [0.25, 0.3) is 22.3 Å². The maximum atomic E-state index is 12.8. The summed E-state index contributed by atoms with van der Waals surface area (Å²) in [5, 5.41) is 0.366.